The lowest BCUT2D eigenvalue weighted by Gasteiger charge is -2.21. The van der Waals surface area contributed by atoms with Crippen LogP contribution in [0.1, 0.15) is 5.56 Å². The van der Waals surface area contributed by atoms with Gasteiger partial charge in [-0.15, -0.1) is 0 Å². The van der Waals surface area contributed by atoms with Gasteiger partial charge in [-0.05, 0) is 26.2 Å². The summed E-state index contributed by atoms with van der Waals surface area (Å²) in [7, 11) is 3.86. The van der Waals surface area contributed by atoms with E-state index in [0.29, 0.717) is 20.0 Å². The van der Waals surface area contributed by atoms with Crippen molar-refractivity contribution in [3.63, 3.8) is 0 Å². The van der Waals surface area contributed by atoms with Crippen LogP contribution in [0.15, 0.2) is 24.2 Å². The number of benzene rings is 1. The number of hydrogen-bond acceptors (Lipinski definition) is 4. The minimum atomic E-state index is -0.481. The van der Waals surface area contributed by atoms with Crippen molar-refractivity contribution in [2.24, 2.45) is 0 Å². The third kappa shape index (κ3) is 3.75. The highest BCUT2D eigenvalue weighted by Crippen LogP contribution is 2.30. The van der Waals surface area contributed by atoms with Crippen molar-refractivity contribution in [1.29, 1.82) is 0 Å². The molecule has 1 aliphatic heterocycles. The first kappa shape index (κ1) is 14.0. The molecule has 2 N–H and O–H groups in total. The summed E-state index contributed by atoms with van der Waals surface area (Å²) in [5.41, 5.74) is 2.13. The molecule has 1 heterocycles. The minimum Gasteiger partial charge on any atom is -0.490 e. The lowest BCUT2D eigenvalue weighted by atomic mass is 9.63. The van der Waals surface area contributed by atoms with E-state index in [9.17, 15) is 5.11 Å². The number of rotatable bonds is 5. The van der Waals surface area contributed by atoms with Gasteiger partial charge in [0.25, 0.3) is 6.85 Å². The van der Waals surface area contributed by atoms with Gasteiger partial charge in [-0.2, -0.15) is 0 Å². The van der Waals surface area contributed by atoms with Crippen molar-refractivity contribution in [3.05, 3.63) is 29.7 Å². The monoisotopic (exact) mass is 260 g/mol. The van der Waals surface area contributed by atoms with Gasteiger partial charge in [0.15, 0.2) is 0 Å². The van der Waals surface area contributed by atoms with Crippen LogP contribution in [0.5, 0.6) is 5.75 Å². The van der Waals surface area contributed by atoms with Gasteiger partial charge < -0.3 is 20.0 Å². The van der Waals surface area contributed by atoms with Crippen LogP contribution >= 0.6 is 0 Å². The summed E-state index contributed by atoms with van der Waals surface area (Å²) < 4.78 is 5.73. The molecule has 1 unspecified atom stereocenters. The first-order chi connectivity index (χ1) is 9.06. The average Bonchev–Trinajstić information content (AvgIpc) is 2.35. The van der Waals surface area contributed by atoms with Crippen LogP contribution in [0, 0.1) is 0 Å². The van der Waals surface area contributed by atoms with Gasteiger partial charge in [0.1, 0.15) is 18.5 Å². The second-order valence-corrected chi connectivity index (χ2v) is 5.24. The number of aliphatic hydroxyl groups is 1. The van der Waals surface area contributed by atoms with Gasteiger partial charge in [-0.1, -0.05) is 24.9 Å². The van der Waals surface area contributed by atoms with E-state index in [0.717, 1.165) is 17.0 Å². The van der Waals surface area contributed by atoms with Crippen LogP contribution in [0.3, 0.4) is 0 Å². The predicted molar refractivity (Wildman–Crippen MR) is 80.8 cm³/mol. The second kappa shape index (κ2) is 6.13. The fourth-order valence-electron chi connectivity index (χ4n) is 2.16. The number of nitrogens with zero attached hydrogens (tertiary/aromatic N) is 1. The zero-order valence-corrected chi connectivity index (χ0v) is 11.8. The van der Waals surface area contributed by atoms with Gasteiger partial charge >= 0.3 is 0 Å². The number of aliphatic hydroxyl groups excluding tert-OH is 1. The molecule has 4 nitrogen and oxygen atoms in total. The molecule has 5 heteroatoms. The van der Waals surface area contributed by atoms with Crippen molar-refractivity contribution >= 4 is 18.6 Å². The molecule has 1 aliphatic rings. The maximum Gasteiger partial charge on any atom is 0.275 e. The standard InChI is InChI=1S/C14H21BN2O2/c1-15-8-7-12-13(16-15)5-4-6-14(12)19-10-11(18)9-17(2)3/h4-8,11,16,18H,9-10H2,1-3H3. The van der Waals surface area contributed by atoms with Crippen molar-refractivity contribution in [3.8, 4) is 5.75 Å². The summed E-state index contributed by atoms with van der Waals surface area (Å²) in [4.78, 5) is 1.94. The zero-order chi connectivity index (χ0) is 13.8. The van der Waals surface area contributed by atoms with Crippen molar-refractivity contribution in [1.82, 2.24) is 4.90 Å². The van der Waals surface area contributed by atoms with Crippen molar-refractivity contribution < 1.29 is 9.84 Å². The molecule has 0 amide bonds. The molecule has 19 heavy (non-hydrogen) atoms. The number of nitrogens with one attached hydrogen (secondary N) is 1. The molecule has 0 fully saturated rings. The Hall–Kier alpha value is -1.46. The Morgan fingerprint density at radius 2 is 2.21 bits per heavy atom. The Labute approximate surface area is 115 Å². The molecule has 0 bridgehead atoms. The predicted octanol–water partition coefficient (Wildman–Crippen LogP) is 1.59. The SMILES string of the molecule is CB1C=Cc2c(cccc2OCC(O)CN(C)C)N1. The van der Waals surface area contributed by atoms with E-state index in [1.807, 2.05) is 37.2 Å². The minimum absolute atomic E-state index is 0.304. The molecular weight excluding hydrogens is 239 g/mol. The molecule has 0 saturated carbocycles. The fourth-order valence-corrected chi connectivity index (χ4v) is 2.16. The average molecular weight is 260 g/mol. The summed E-state index contributed by atoms with van der Waals surface area (Å²) in [6.45, 7) is 3.34. The Bertz CT molecular complexity index is 463. The number of fused-ring (bicyclic) bond motifs is 1. The Morgan fingerprint density at radius 3 is 2.95 bits per heavy atom. The van der Waals surface area contributed by atoms with E-state index in [2.05, 4.69) is 24.1 Å². The van der Waals surface area contributed by atoms with Crippen molar-refractivity contribution in [2.45, 2.75) is 12.9 Å². The summed E-state index contributed by atoms with van der Waals surface area (Å²) in [5.74, 6) is 2.91. The third-order valence-electron chi connectivity index (χ3n) is 3.01. The summed E-state index contributed by atoms with van der Waals surface area (Å²) in [6.07, 6.45) is 1.59. The molecular formula is C14H21BN2O2. The molecule has 0 radical (unpaired) electrons. The maximum atomic E-state index is 9.83. The normalized spacial score (nSPS) is 15.1. The Balaban J connectivity index is 2.03. The van der Waals surface area contributed by atoms with Gasteiger partial charge in [0, 0.05) is 17.8 Å². The zero-order valence-electron chi connectivity index (χ0n) is 11.8. The molecule has 1 aromatic carbocycles. The fraction of sp³-hybridized carbons (Fsp3) is 0.429. The number of likely N-dealkylation sites (N-methyl/N-ethyl adjacent to an activating group) is 1. The lowest BCUT2D eigenvalue weighted by Crippen LogP contribution is -2.30. The van der Waals surface area contributed by atoms with E-state index >= 15 is 0 Å². The lowest BCUT2D eigenvalue weighted by molar-refractivity contribution is 0.0830. The number of hydrogen-bond donors (Lipinski definition) is 2. The number of ether oxygens (including phenoxy) is 1. The van der Waals surface area contributed by atoms with Crippen LogP contribution in [0.2, 0.25) is 6.82 Å². The topological polar surface area (TPSA) is 44.7 Å². The van der Waals surface area contributed by atoms with Crippen LogP contribution in [0.4, 0.5) is 5.69 Å². The van der Waals surface area contributed by atoms with E-state index in [1.165, 1.54) is 0 Å². The van der Waals surface area contributed by atoms with Crippen LogP contribution in [-0.4, -0.2) is 50.2 Å². The van der Waals surface area contributed by atoms with Gasteiger partial charge in [-0.3, -0.25) is 0 Å². The smallest absolute Gasteiger partial charge is 0.275 e. The van der Waals surface area contributed by atoms with E-state index in [1.54, 1.807) is 0 Å². The molecule has 2 rings (SSSR count). The molecule has 0 saturated heterocycles. The first-order valence-electron chi connectivity index (χ1n) is 6.59. The Morgan fingerprint density at radius 1 is 1.42 bits per heavy atom. The molecule has 0 aliphatic carbocycles. The largest absolute Gasteiger partial charge is 0.490 e. The highest BCUT2D eigenvalue weighted by atomic mass is 16.5. The van der Waals surface area contributed by atoms with Crippen molar-refractivity contribution in [2.75, 3.05) is 32.5 Å². The molecule has 0 aromatic heterocycles. The highest BCUT2D eigenvalue weighted by Gasteiger charge is 2.16. The first-order valence-corrected chi connectivity index (χ1v) is 6.59. The maximum absolute atomic E-state index is 9.83. The quantitative estimate of drug-likeness (QED) is 0.789. The van der Waals surface area contributed by atoms with Crippen LogP contribution < -0.4 is 9.96 Å². The molecule has 102 valence electrons. The van der Waals surface area contributed by atoms with E-state index < -0.39 is 6.10 Å². The molecule has 1 aromatic rings. The Kier molecular flexibility index (Phi) is 4.50. The van der Waals surface area contributed by atoms with Crippen LogP contribution in [0.25, 0.3) is 6.08 Å². The summed E-state index contributed by atoms with van der Waals surface area (Å²) >= 11 is 0. The summed E-state index contributed by atoms with van der Waals surface area (Å²) in [5, 5.41) is 13.2. The van der Waals surface area contributed by atoms with Gasteiger partial charge in [0.05, 0.1) is 0 Å². The van der Waals surface area contributed by atoms with Gasteiger partial charge in [0.2, 0.25) is 0 Å². The molecule has 1 atom stereocenters. The second-order valence-electron chi connectivity index (χ2n) is 5.24. The van der Waals surface area contributed by atoms with E-state index in [-0.39, 0.29) is 0 Å². The van der Waals surface area contributed by atoms with E-state index in [4.69, 9.17) is 4.74 Å². The third-order valence-corrected chi connectivity index (χ3v) is 3.01. The number of anilines is 1. The molecule has 0 spiro atoms. The van der Waals surface area contributed by atoms with Crippen LogP contribution in [-0.2, 0) is 0 Å². The van der Waals surface area contributed by atoms with Gasteiger partial charge in [-0.25, -0.2) is 0 Å². The summed E-state index contributed by atoms with van der Waals surface area (Å²) in [6, 6.07) is 5.94. The highest BCUT2D eigenvalue weighted by molar-refractivity contribution is 6.67.